The van der Waals surface area contributed by atoms with E-state index in [0.29, 0.717) is 6.04 Å². The molecule has 1 saturated carbocycles. The summed E-state index contributed by atoms with van der Waals surface area (Å²) in [5, 5.41) is 13.3. The zero-order chi connectivity index (χ0) is 21.1. The van der Waals surface area contributed by atoms with Crippen LogP contribution in [0, 0.1) is 0 Å². The van der Waals surface area contributed by atoms with Crippen molar-refractivity contribution in [2.24, 2.45) is 0 Å². The molecule has 0 aromatic heterocycles. The fraction of sp³-hybridized carbons (Fsp3) is 0.720. The summed E-state index contributed by atoms with van der Waals surface area (Å²) >= 11 is 0. The Morgan fingerprint density at radius 1 is 1.07 bits per heavy atom. The van der Waals surface area contributed by atoms with E-state index in [2.05, 4.69) is 29.3 Å². The molecule has 0 radical (unpaired) electrons. The molecule has 2 rings (SSSR count). The zero-order valence-corrected chi connectivity index (χ0v) is 18.8. The van der Waals surface area contributed by atoms with E-state index in [-0.39, 0.29) is 5.91 Å². The summed E-state index contributed by atoms with van der Waals surface area (Å²) in [5.74, 6) is -0.114. The van der Waals surface area contributed by atoms with E-state index in [4.69, 9.17) is 0 Å². The molecule has 164 valence electrons. The molecule has 2 N–H and O–H groups in total. The number of rotatable bonds is 12. The van der Waals surface area contributed by atoms with Gasteiger partial charge in [-0.3, -0.25) is 9.69 Å². The van der Waals surface area contributed by atoms with Gasteiger partial charge in [0.2, 0.25) is 5.91 Å². The second kappa shape index (κ2) is 13.0. The number of hydrogen-bond donors (Lipinski definition) is 2. The first kappa shape index (κ1) is 23.9. The van der Waals surface area contributed by atoms with Crippen LogP contribution in [-0.2, 0) is 11.2 Å². The van der Waals surface area contributed by atoms with Crippen LogP contribution in [0.2, 0.25) is 0 Å². The summed E-state index contributed by atoms with van der Waals surface area (Å²) < 4.78 is 0. The Labute approximate surface area is 178 Å². The minimum Gasteiger partial charge on any atom is -0.391 e. The lowest BCUT2D eigenvalue weighted by Gasteiger charge is -2.37. The molecule has 0 unspecified atom stereocenters. The van der Waals surface area contributed by atoms with E-state index < -0.39 is 12.1 Å². The summed E-state index contributed by atoms with van der Waals surface area (Å²) in [4.78, 5) is 15.0. The molecular weight excluding hydrogens is 360 g/mol. The van der Waals surface area contributed by atoms with Gasteiger partial charge in [-0.2, -0.15) is 0 Å². The number of nitrogens with one attached hydrogen (secondary N) is 1. The highest BCUT2D eigenvalue weighted by Crippen LogP contribution is 2.24. The van der Waals surface area contributed by atoms with Crippen molar-refractivity contribution in [2.75, 3.05) is 12.4 Å². The molecule has 29 heavy (non-hydrogen) atoms. The molecule has 4 nitrogen and oxygen atoms in total. The number of unbranched alkanes of at least 4 members (excludes halogenated alkanes) is 5. The number of amides is 1. The van der Waals surface area contributed by atoms with Crippen molar-refractivity contribution in [3.8, 4) is 0 Å². The van der Waals surface area contributed by atoms with Gasteiger partial charge in [-0.1, -0.05) is 70.4 Å². The second-order valence-corrected chi connectivity index (χ2v) is 8.85. The normalized spacial score (nSPS) is 17.3. The first-order chi connectivity index (χ1) is 14.0. The van der Waals surface area contributed by atoms with Gasteiger partial charge < -0.3 is 10.4 Å². The maximum atomic E-state index is 12.9. The van der Waals surface area contributed by atoms with Gasteiger partial charge in [0.05, 0.1) is 6.10 Å². The molecule has 0 aliphatic heterocycles. The molecular formula is C25H42N2O2. The van der Waals surface area contributed by atoms with Gasteiger partial charge in [-0.05, 0) is 57.4 Å². The number of nitrogens with zero attached hydrogens (tertiary/aromatic N) is 1. The minimum atomic E-state index is -0.700. The molecule has 0 heterocycles. The Kier molecular flexibility index (Phi) is 10.7. The molecule has 1 fully saturated rings. The van der Waals surface area contributed by atoms with Gasteiger partial charge >= 0.3 is 0 Å². The molecule has 0 saturated heterocycles. The standard InChI is InChI=1S/C25H42N2O2/c1-4-5-6-7-8-10-13-21-16-18-22(19-17-21)26-25(29)24(20(2)28)27(3)23-14-11-9-12-15-23/h16-20,23-24,28H,4-15H2,1-3H3,(H,26,29)/t20-,24-/m0/s1. The molecule has 1 aliphatic rings. The molecule has 1 aromatic rings. The van der Waals surface area contributed by atoms with E-state index in [1.165, 1.54) is 63.4 Å². The molecule has 0 bridgehead atoms. The predicted molar refractivity (Wildman–Crippen MR) is 122 cm³/mol. The van der Waals surface area contributed by atoms with Crippen LogP contribution in [-0.4, -0.2) is 41.1 Å². The third-order valence-corrected chi connectivity index (χ3v) is 6.36. The number of aryl methyl sites for hydroxylation is 1. The quantitative estimate of drug-likeness (QED) is 0.451. The largest absolute Gasteiger partial charge is 0.391 e. The number of likely N-dealkylation sites (N-methyl/N-ethyl adjacent to an activating group) is 1. The first-order valence-electron chi connectivity index (χ1n) is 11.8. The molecule has 0 spiro atoms. The second-order valence-electron chi connectivity index (χ2n) is 8.85. The van der Waals surface area contributed by atoms with Gasteiger partial charge in [0.25, 0.3) is 0 Å². The Balaban J connectivity index is 1.84. The van der Waals surface area contributed by atoms with Crippen LogP contribution in [0.15, 0.2) is 24.3 Å². The number of carbonyl (C=O) groups is 1. The van der Waals surface area contributed by atoms with Crippen LogP contribution in [0.4, 0.5) is 5.69 Å². The van der Waals surface area contributed by atoms with Crippen molar-refractivity contribution in [1.29, 1.82) is 0 Å². The Bertz CT molecular complexity index is 579. The summed E-state index contributed by atoms with van der Waals surface area (Å²) in [6.07, 6.45) is 14.2. The maximum Gasteiger partial charge on any atom is 0.244 e. The van der Waals surface area contributed by atoms with Gasteiger partial charge in [0.1, 0.15) is 6.04 Å². The SMILES string of the molecule is CCCCCCCCc1ccc(NC(=O)[C@H]([C@H](C)O)N(C)C2CCCCC2)cc1. The highest BCUT2D eigenvalue weighted by atomic mass is 16.3. The third-order valence-electron chi connectivity index (χ3n) is 6.36. The van der Waals surface area contributed by atoms with Gasteiger partial charge in [0.15, 0.2) is 0 Å². The summed E-state index contributed by atoms with van der Waals surface area (Å²) in [7, 11) is 1.98. The molecule has 1 aromatic carbocycles. The van der Waals surface area contributed by atoms with E-state index in [0.717, 1.165) is 24.9 Å². The average Bonchev–Trinajstić information content (AvgIpc) is 2.72. The summed E-state index contributed by atoms with van der Waals surface area (Å²) in [5.41, 5.74) is 2.13. The topological polar surface area (TPSA) is 52.6 Å². The third kappa shape index (κ3) is 8.10. The van der Waals surface area contributed by atoms with Crippen LogP contribution in [0.25, 0.3) is 0 Å². The summed E-state index contributed by atoms with van der Waals surface area (Å²) in [6.45, 7) is 3.96. The van der Waals surface area contributed by atoms with Crippen molar-refractivity contribution >= 4 is 11.6 Å². The highest BCUT2D eigenvalue weighted by molar-refractivity contribution is 5.95. The van der Waals surface area contributed by atoms with Crippen molar-refractivity contribution in [2.45, 2.75) is 109 Å². The minimum absolute atomic E-state index is 0.114. The maximum absolute atomic E-state index is 12.9. The van der Waals surface area contributed by atoms with E-state index in [1.54, 1.807) is 6.92 Å². The molecule has 2 atom stereocenters. The molecule has 1 aliphatic carbocycles. The Morgan fingerprint density at radius 3 is 2.31 bits per heavy atom. The van der Waals surface area contributed by atoms with Crippen LogP contribution in [0.1, 0.15) is 90.0 Å². The predicted octanol–water partition coefficient (Wildman–Crippen LogP) is 5.54. The molecule has 4 heteroatoms. The van der Waals surface area contributed by atoms with Gasteiger partial charge in [-0.25, -0.2) is 0 Å². The smallest absolute Gasteiger partial charge is 0.244 e. The van der Waals surface area contributed by atoms with Crippen molar-refractivity contribution in [3.63, 3.8) is 0 Å². The fourth-order valence-corrected chi connectivity index (χ4v) is 4.54. The van der Waals surface area contributed by atoms with Crippen LogP contribution in [0.5, 0.6) is 0 Å². The molecule has 1 amide bonds. The number of aliphatic hydroxyl groups excluding tert-OH is 1. The highest BCUT2D eigenvalue weighted by Gasteiger charge is 2.32. The first-order valence-corrected chi connectivity index (χ1v) is 11.8. The lowest BCUT2D eigenvalue weighted by Crippen LogP contribution is -2.52. The van der Waals surface area contributed by atoms with Crippen molar-refractivity contribution in [1.82, 2.24) is 4.90 Å². The van der Waals surface area contributed by atoms with Crippen molar-refractivity contribution in [3.05, 3.63) is 29.8 Å². The van der Waals surface area contributed by atoms with E-state index in [1.807, 2.05) is 19.2 Å². The fourth-order valence-electron chi connectivity index (χ4n) is 4.54. The van der Waals surface area contributed by atoms with Crippen LogP contribution >= 0.6 is 0 Å². The Morgan fingerprint density at radius 2 is 1.69 bits per heavy atom. The van der Waals surface area contributed by atoms with E-state index in [9.17, 15) is 9.90 Å². The van der Waals surface area contributed by atoms with Crippen LogP contribution in [0.3, 0.4) is 0 Å². The lowest BCUT2D eigenvalue weighted by molar-refractivity contribution is -0.125. The zero-order valence-electron chi connectivity index (χ0n) is 18.8. The van der Waals surface area contributed by atoms with Crippen LogP contribution < -0.4 is 5.32 Å². The average molecular weight is 403 g/mol. The summed E-state index contributed by atoms with van der Waals surface area (Å²) in [6, 6.07) is 8.08. The lowest BCUT2D eigenvalue weighted by atomic mass is 9.92. The Hall–Kier alpha value is -1.39. The van der Waals surface area contributed by atoms with E-state index >= 15 is 0 Å². The number of carbonyl (C=O) groups excluding carboxylic acids is 1. The van der Waals surface area contributed by atoms with Gasteiger partial charge in [0, 0.05) is 11.7 Å². The monoisotopic (exact) mass is 402 g/mol. The number of aliphatic hydroxyl groups is 1. The number of hydrogen-bond acceptors (Lipinski definition) is 3. The number of benzene rings is 1. The number of anilines is 1. The van der Waals surface area contributed by atoms with Crippen molar-refractivity contribution < 1.29 is 9.90 Å². The van der Waals surface area contributed by atoms with Gasteiger partial charge in [-0.15, -0.1) is 0 Å².